The van der Waals surface area contributed by atoms with Crippen LogP contribution in [0.3, 0.4) is 0 Å². The van der Waals surface area contributed by atoms with Crippen LogP contribution in [-0.4, -0.2) is 104 Å². The van der Waals surface area contributed by atoms with Crippen molar-refractivity contribution in [3.8, 4) is 58.9 Å². The van der Waals surface area contributed by atoms with Gasteiger partial charge in [0.1, 0.15) is 48.0 Å². The molecule has 85 heavy (non-hydrogen) atoms. The van der Waals surface area contributed by atoms with Gasteiger partial charge in [0, 0.05) is 33.4 Å². The van der Waals surface area contributed by atoms with Crippen LogP contribution in [0.15, 0.2) is 98.1 Å². The molecule has 4 N–H and O–H groups in total. The van der Waals surface area contributed by atoms with Crippen molar-refractivity contribution in [2.75, 3.05) is 23.0 Å². The number of ether oxygens (including phenoxy) is 4. The van der Waals surface area contributed by atoms with E-state index in [2.05, 4.69) is 60.5 Å². The molecule has 16 heteroatoms. The van der Waals surface area contributed by atoms with Crippen molar-refractivity contribution in [1.29, 1.82) is 0 Å². The van der Waals surface area contributed by atoms with Gasteiger partial charge in [-0.1, -0.05) is 159 Å². The summed E-state index contributed by atoms with van der Waals surface area (Å²) in [5.41, 5.74) is -3.76. The fourth-order valence-corrected chi connectivity index (χ4v) is 13.4. The highest BCUT2D eigenvalue weighted by atomic mass is 16.7. The van der Waals surface area contributed by atoms with Crippen LogP contribution in [0.25, 0.3) is 0 Å². The number of anilines is 2. The van der Waals surface area contributed by atoms with Crippen molar-refractivity contribution in [3.05, 3.63) is 165 Å². The number of fused-ring (bicyclic) bond motifs is 8. The normalized spacial score (nSPS) is 26.4. The average molecular weight is 1140 g/mol. The minimum Gasteiger partial charge on any atom is -0.507 e. The number of carbonyl (C=O) groups is 6. The molecule has 0 radical (unpaired) electrons. The molecular weight excluding hydrogens is 1080 g/mol. The van der Waals surface area contributed by atoms with Gasteiger partial charge in [-0.25, -0.2) is 9.59 Å². The molecule has 4 aliphatic heterocycles. The van der Waals surface area contributed by atoms with E-state index in [-0.39, 0.29) is 99.5 Å². The van der Waals surface area contributed by atoms with E-state index in [1.54, 1.807) is 36.4 Å². The fraction of sp³-hybridized carbons (Fsp3) is 0.333. The average Bonchev–Trinajstić information content (AvgIpc) is 1.49. The first-order valence-corrected chi connectivity index (χ1v) is 27.8. The van der Waals surface area contributed by atoms with Crippen LogP contribution in [0.4, 0.5) is 21.0 Å². The summed E-state index contributed by atoms with van der Waals surface area (Å²) in [7, 11) is 0. The second-order valence-electron chi connectivity index (χ2n) is 22.1. The van der Waals surface area contributed by atoms with E-state index in [1.165, 1.54) is 58.4 Å². The number of aryl methyl sites for hydroxylation is 2. The molecule has 2 amide bonds. The Morgan fingerprint density at radius 2 is 0.929 bits per heavy atom. The predicted molar refractivity (Wildman–Crippen MR) is 315 cm³/mol. The van der Waals surface area contributed by atoms with Gasteiger partial charge in [-0.3, -0.25) is 29.0 Å². The zero-order chi connectivity index (χ0) is 59.9. The Morgan fingerprint density at radius 3 is 1.27 bits per heavy atom. The van der Waals surface area contributed by atoms with Crippen LogP contribution >= 0.6 is 0 Å². The number of hydrogen-bond donors (Lipinski definition) is 4. The lowest BCUT2D eigenvalue weighted by Crippen LogP contribution is -2.59. The molecule has 0 aromatic heterocycles. The summed E-state index contributed by atoms with van der Waals surface area (Å²) in [6, 6.07) is 10.7. The van der Waals surface area contributed by atoms with E-state index in [9.17, 15) is 49.2 Å². The van der Waals surface area contributed by atoms with Gasteiger partial charge in [-0.05, 0) is 84.4 Å². The minimum atomic E-state index is -1.57. The number of phenolic OH excluding ortho intramolecular Hbond substituents is 2. The molecule has 12 rings (SSSR count). The van der Waals surface area contributed by atoms with Crippen LogP contribution < -0.4 is 9.80 Å². The summed E-state index contributed by atoms with van der Waals surface area (Å²) < 4.78 is 24.0. The Bertz CT molecular complexity index is 3750. The highest BCUT2D eigenvalue weighted by Crippen LogP contribution is 2.72. The van der Waals surface area contributed by atoms with Gasteiger partial charge in [0.25, 0.3) is 0 Å². The Kier molecular flexibility index (Phi) is 15.1. The van der Waals surface area contributed by atoms with Crippen molar-refractivity contribution in [2.45, 2.75) is 121 Å². The highest BCUT2D eigenvalue weighted by molar-refractivity contribution is 6.33. The van der Waals surface area contributed by atoms with Crippen molar-refractivity contribution in [2.24, 2.45) is 11.8 Å². The highest BCUT2D eigenvalue weighted by Gasteiger charge is 2.84. The number of nitrogens with zero attached hydrogens (tertiary/aromatic N) is 2. The second kappa shape index (κ2) is 21.7. The van der Waals surface area contributed by atoms with Crippen molar-refractivity contribution in [3.63, 3.8) is 0 Å². The molecule has 2 fully saturated rings. The maximum Gasteiger partial charge on any atom is 0.415 e. The Balaban J connectivity index is 0.000000187. The number of phenols is 2. The standard InChI is InChI=1S/2C34H29NO7.CH4/c2*1-5-11-20-14-15-21-22(17-20)31(39)27-24(36)18-23-29(28(27)30(21)38)35(32(40)41-16-6-2)25-12-9-7-8-10-13-26(37)34(23)33(25,42-34)19(3)4;/h2*6-8,14-15,17-19,25-26,36-37H,2,5,11,16H2,1,3-4H3;1H4/b2*8-7-;/t25-,26+,33-,34-;25-,26-,33-,34-;/m00./s1. The van der Waals surface area contributed by atoms with Crippen molar-refractivity contribution in [1.82, 2.24) is 0 Å². The predicted octanol–water partition coefficient (Wildman–Crippen LogP) is 9.01. The molecule has 4 aliphatic carbocycles. The van der Waals surface area contributed by atoms with Crippen LogP contribution in [0.5, 0.6) is 11.5 Å². The molecular formula is C69H62N2O14. The van der Waals surface area contributed by atoms with Crippen molar-refractivity contribution < 1.29 is 68.1 Å². The van der Waals surface area contributed by atoms with Gasteiger partial charge in [-0.15, -0.1) is 0 Å². The molecule has 432 valence electrons. The lowest BCUT2D eigenvalue weighted by atomic mass is 9.67. The van der Waals surface area contributed by atoms with Gasteiger partial charge in [-0.2, -0.15) is 0 Å². The minimum absolute atomic E-state index is 0. The summed E-state index contributed by atoms with van der Waals surface area (Å²) in [6.45, 7) is 18.5. The lowest BCUT2D eigenvalue weighted by molar-refractivity contribution is 0.0974. The lowest BCUT2D eigenvalue weighted by Gasteiger charge is -2.43. The number of aliphatic hydroxyl groups is 2. The first-order valence-electron chi connectivity index (χ1n) is 27.8. The summed E-state index contributed by atoms with van der Waals surface area (Å²) in [4.78, 5) is 86.7. The van der Waals surface area contributed by atoms with Gasteiger partial charge in [0.15, 0.2) is 46.5 Å². The third kappa shape index (κ3) is 8.27. The van der Waals surface area contributed by atoms with Crippen molar-refractivity contribution >= 4 is 46.7 Å². The number of epoxide rings is 2. The molecule has 0 unspecified atom stereocenters. The quantitative estimate of drug-likeness (QED) is 0.0570. The maximum absolute atomic E-state index is 14.3. The van der Waals surface area contributed by atoms with E-state index < -0.39 is 93.5 Å². The van der Waals surface area contributed by atoms with Gasteiger partial charge >= 0.3 is 12.2 Å². The van der Waals surface area contributed by atoms with E-state index in [0.29, 0.717) is 12.8 Å². The number of rotatable bonds is 10. The third-order valence-electron chi connectivity index (χ3n) is 16.9. The molecule has 4 heterocycles. The summed E-state index contributed by atoms with van der Waals surface area (Å²) >= 11 is 0. The molecule has 4 bridgehead atoms. The number of allylic oxidation sites excluding steroid dienone is 4. The number of hydrogen-bond acceptors (Lipinski definition) is 14. The zero-order valence-corrected chi connectivity index (χ0v) is 47.0. The SMILES string of the molecule is C.C=CCOC(=O)N1c2c(cc(O)c3c2C(=O)c2ccc(CCC)cc2C3=O)[C@@]23O[C@@]2(C(C)C)[C@@H]1C#C/C=C\C#C[C@@H]3O.C=CCOC(=O)N1c2c(cc(O)c3c2C(=O)c2ccc(CCC)cc2C3=O)[C@@]23O[C@@]2(C(C)C)[C@@H]1C#C/C=C\C#C[C@H]3O. The van der Waals surface area contributed by atoms with Crippen LogP contribution in [-0.2, 0) is 43.0 Å². The van der Waals surface area contributed by atoms with Gasteiger partial charge < -0.3 is 39.4 Å². The summed E-state index contributed by atoms with van der Waals surface area (Å²) in [5.74, 6) is 19.3. The number of amides is 2. The van der Waals surface area contributed by atoms with E-state index in [0.717, 1.165) is 24.0 Å². The summed E-state index contributed by atoms with van der Waals surface area (Å²) in [5, 5.41) is 45.9. The van der Waals surface area contributed by atoms with E-state index in [1.807, 2.05) is 41.5 Å². The third-order valence-corrected chi connectivity index (χ3v) is 16.9. The van der Waals surface area contributed by atoms with Crippen LogP contribution in [0.2, 0.25) is 0 Å². The number of aromatic hydroxyl groups is 2. The first kappa shape index (κ1) is 58.9. The molecule has 8 atom stereocenters. The number of aliphatic hydroxyl groups excluding tert-OH is 2. The van der Waals surface area contributed by atoms with Crippen LogP contribution in [0.1, 0.15) is 148 Å². The topological polar surface area (TPSA) is 233 Å². The molecule has 0 spiro atoms. The van der Waals surface area contributed by atoms with E-state index >= 15 is 0 Å². The smallest absolute Gasteiger partial charge is 0.415 e. The second-order valence-corrected chi connectivity index (χ2v) is 22.1. The maximum atomic E-state index is 14.3. The Morgan fingerprint density at radius 1 is 0.576 bits per heavy atom. The molecule has 2 saturated heterocycles. The molecule has 16 nitrogen and oxygen atoms in total. The zero-order valence-electron chi connectivity index (χ0n) is 47.0. The monoisotopic (exact) mass is 1140 g/mol. The largest absolute Gasteiger partial charge is 0.507 e. The molecule has 4 aromatic carbocycles. The fourth-order valence-electron chi connectivity index (χ4n) is 13.4. The van der Waals surface area contributed by atoms with E-state index in [4.69, 9.17) is 18.9 Å². The number of benzene rings is 4. The summed E-state index contributed by atoms with van der Waals surface area (Å²) in [6.07, 6.45) is 7.34. The van der Waals surface area contributed by atoms with Gasteiger partial charge in [0.05, 0.1) is 33.6 Å². The first-order chi connectivity index (χ1) is 40.3. The number of ketones is 4. The van der Waals surface area contributed by atoms with Crippen LogP contribution in [0, 0.1) is 59.2 Å². The molecule has 0 saturated carbocycles. The van der Waals surface area contributed by atoms with Gasteiger partial charge in [0.2, 0.25) is 0 Å². The number of carbonyl (C=O) groups excluding carboxylic acids is 6. The Hall–Kier alpha value is -9.26. The molecule has 8 aliphatic rings. The molecule has 4 aromatic rings. The Labute approximate surface area is 492 Å².